The Morgan fingerprint density at radius 3 is 2.58 bits per heavy atom. The van der Waals surface area contributed by atoms with E-state index in [-0.39, 0.29) is 0 Å². The number of benzene rings is 2. The normalized spacial score (nSPS) is 11.0. The van der Waals surface area contributed by atoms with Crippen LogP contribution in [0.3, 0.4) is 0 Å². The second-order valence-corrected chi connectivity index (χ2v) is 6.44. The van der Waals surface area contributed by atoms with Crippen molar-refractivity contribution in [2.45, 2.75) is 13.3 Å². The number of hydrogen-bond acceptors (Lipinski definition) is 2. The number of aromatic amines is 1. The van der Waals surface area contributed by atoms with Gasteiger partial charge >= 0.3 is 0 Å². The summed E-state index contributed by atoms with van der Waals surface area (Å²) < 4.78 is 0. The van der Waals surface area contributed by atoms with Crippen molar-refractivity contribution in [3.8, 4) is 11.1 Å². The minimum atomic E-state index is -0.451. The van der Waals surface area contributed by atoms with Crippen LogP contribution in [0.2, 0.25) is 5.02 Å². The number of carbonyl (C=O) groups is 1. The third kappa shape index (κ3) is 2.74. The molecular formula is C19H20ClN3O. The number of amides is 1. The maximum Gasteiger partial charge on any atom is 0.250 e. The Labute approximate surface area is 146 Å². The second kappa shape index (κ2) is 6.21. The number of primary amides is 1. The molecule has 124 valence electrons. The van der Waals surface area contributed by atoms with Crippen LogP contribution in [0, 0.1) is 0 Å². The standard InChI is InChI=1S/C19H20ClN3O/c1-4-11-7-12(23(2)3)5-6-13(11)14-8-15-16(19(21)24)10-22-18(15)9-17(14)20/h5-10,22H,4H2,1-3H3,(H2,21,24). The number of aryl methyl sites for hydroxylation is 1. The zero-order chi connectivity index (χ0) is 17.4. The number of nitrogens with two attached hydrogens (primary N) is 1. The molecule has 3 N–H and O–H groups in total. The first-order chi connectivity index (χ1) is 11.4. The number of fused-ring (bicyclic) bond motifs is 1. The molecular weight excluding hydrogens is 322 g/mol. The third-order valence-corrected chi connectivity index (χ3v) is 4.62. The monoisotopic (exact) mass is 341 g/mol. The third-order valence-electron chi connectivity index (χ3n) is 4.31. The lowest BCUT2D eigenvalue weighted by molar-refractivity contribution is 0.100. The molecule has 0 saturated heterocycles. The van der Waals surface area contributed by atoms with E-state index in [9.17, 15) is 4.79 Å². The van der Waals surface area contributed by atoms with Crippen molar-refractivity contribution in [2.24, 2.45) is 5.73 Å². The average molecular weight is 342 g/mol. The van der Waals surface area contributed by atoms with Gasteiger partial charge in [-0.15, -0.1) is 0 Å². The highest BCUT2D eigenvalue weighted by Crippen LogP contribution is 2.36. The van der Waals surface area contributed by atoms with Crippen molar-refractivity contribution in [3.63, 3.8) is 0 Å². The van der Waals surface area contributed by atoms with Crippen LogP contribution in [-0.4, -0.2) is 25.0 Å². The van der Waals surface area contributed by atoms with E-state index in [2.05, 4.69) is 35.0 Å². The molecule has 0 bridgehead atoms. The topological polar surface area (TPSA) is 62.1 Å². The summed E-state index contributed by atoms with van der Waals surface area (Å²) >= 11 is 6.51. The van der Waals surface area contributed by atoms with Crippen LogP contribution in [0.25, 0.3) is 22.0 Å². The van der Waals surface area contributed by atoms with Gasteiger partial charge in [0.05, 0.1) is 10.6 Å². The quantitative estimate of drug-likeness (QED) is 0.746. The summed E-state index contributed by atoms with van der Waals surface area (Å²) in [5.41, 5.74) is 11.1. The fraction of sp³-hybridized carbons (Fsp3) is 0.211. The zero-order valence-corrected chi connectivity index (χ0v) is 14.7. The van der Waals surface area contributed by atoms with Crippen molar-refractivity contribution < 1.29 is 4.79 Å². The largest absolute Gasteiger partial charge is 0.378 e. The number of carbonyl (C=O) groups excluding carboxylic acids is 1. The Kier molecular flexibility index (Phi) is 4.24. The molecule has 1 aromatic heterocycles. The van der Waals surface area contributed by atoms with E-state index >= 15 is 0 Å². The predicted octanol–water partition coefficient (Wildman–Crippen LogP) is 4.22. The number of anilines is 1. The lowest BCUT2D eigenvalue weighted by Gasteiger charge is -2.17. The van der Waals surface area contributed by atoms with Crippen molar-refractivity contribution in [3.05, 3.63) is 52.7 Å². The fourth-order valence-electron chi connectivity index (χ4n) is 2.97. The Hall–Kier alpha value is -2.46. The van der Waals surface area contributed by atoms with E-state index in [0.29, 0.717) is 10.6 Å². The van der Waals surface area contributed by atoms with Gasteiger partial charge in [-0.1, -0.05) is 24.6 Å². The van der Waals surface area contributed by atoms with Gasteiger partial charge in [0, 0.05) is 42.4 Å². The highest BCUT2D eigenvalue weighted by molar-refractivity contribution is 6.34. The molecule has 1 heterocycles. The molecule has 0 saturated carbocycles. The van der Waals surface area contributed by atoms with Gasteiger partial charge in [0.25, 0.3) is 5.91 Å². The van der Waals surface area contributed by atoms with Gasteiger partial charge in [0.1, 0.15) is 0 Å². The number of H-pyrrole nitrogens is 1. The Morgan fingerprint density at radius 1 is 1.21 bits per heavy atom. The molecule has 2 aromatic carbocycles. The first kappa shape index (κ1) is 16.4. The molecule has 0 aliphatic carbocycles. The van der Waals surface area contributed by atoms with Gasteiger partial charge in [-0.3, -0.25) is 4.79 Å². The first-order valence-electron chi connectivity index (χ1n) is 7.83. The van der Waals surface area contributed by atoms with Gasteiger partial charge in [-0.05, 0) is 41.8 Å². The Balaban J connectivity index is 2.23. The summed E-state index contributed by atoms with van der Waals surface area (Å²) in [5.74, 6) is -0.451. The lowest BCUT2D eigenvalue weighted by atomic mass is 9.95. The number of rotatable bonds is 4. The summed E-state index contributed by atoms with van der Waals surface area (Å²) in [6.45, 7) is 2.12. The SMILES string of the molecule is CCc1cc(N(C)C)ccc1-c1cc2c(C(N)=O)c[nH]c2cc1Cl. The number of nitrogens with zero attached hydrogens (tertiary/aromatic N) is 1. The summed E-state index contributed by atoms with van der Waals surface area (Å²) in [5, 5.41) is 1.44. The minimum absolute atomic E-state index is 0.451. The summed E-state index contributed by atoms with van der Waals surface area (Å²) in [6, 6.07) is 10.1. The average Bonchev–Trinajstić information content (AvgIpc) is 2.96. The molecule has 0 fully saturated rings. The summed E-state index contributed by atoms with van der Waals surface area (Å²) in [6.07, 6.45) is 2.52. The second-order valence-electron chi connectivity index (χ2n) is 6.03. The molecule has 5 heteroatoms. The van der Waals surface area contributed by atoms with E-state index in [0.717, 1.165) is 34.1 Å². The van der Waals surface area contributed by atoms with Crippen LogP contribution < -0.4 is 10.6 Å². The molecule has 4 nitrogen and oxygen atoms in total. The van der Waals surface area contributed by atoms with E-state index in [1.54, 1.807) is 6.20 Å². The molecule has 0 radical (unpaired) electrons. The molecule has 0 aliphatic rings. The minimum Gasteiger partial charge on any atom is -0.378 e. The van der Waals surface area contributed by atoms with Crippen LogP contribution in [0.1, 0.15) is 22.8 Å². The fourth-order valence-corrected chi connectivity index (χ4v) is 3.23. The van der Waals surface area contributed by atoms with Gasteiger partial charge in [-0.2, -0.15) is 0 Å². The highest BCUT2D eigenvalue weighted by atomic mass is 35.5. The molecule has 0 atom stereocenters. The van der Waals surface area contributed by atoms with E-state index < -0.39 is 5.91 Å². The number of halogens is 1. The van der Waals surface area contributed by atoms with Crippen LogP contribution in [0.15, 0.2) is 36.5 Å². The smallest absolute Gasteiger partial charge is 0.250 e. The van der Waals surface area contributed by atoms with E-state index in [4.69, 9.17) is 17.3 Å². The van der Waals surface area contributed by atoms with Crippen molar-refractivity contribution >= 4 is 34.1 Å². The van der Waals surface area contributed by atoms with Crippen LogP contribution in [-0.2, 0) is 6.42 Å². The van der Waals surface area contributed by atoms with Crippen molar-refractivity contribution in [1.29, 1.82) is 0 Å². The van der Waals surface area contributed by atoms with Crippen molar-refractivity contribution in [1.82, 2.24) is 4.98 Å². The molecule has 1 amide bonds. The van der Waals surface area contributed by atoms with Gasteiger partial charge in [-0.25, -0.2) is 0 Å². The van der Waals surface area contributed by atoms with Crippen LogP contribution in [0.5, 0.6) is 0 Å². The zero-order valence-electron chi connectivity index (χ0n) is 14.0. The molecule has 3 rings (SSSR count). The predicted molar refractivity (Wildman–Crippen MR) is 101 cm³/mol. The first-order valence-corrected chi connectivity index (χ1v) is 8.21. The van der Waals surface area contributed by atoms with Gasteiger partial charge < -0.3 is 15.6 Å². The maximum absolute atomic E-state index is 11.6. The van der Waals surface area contributed by atoms with Crippen LogP contribution in [0.4, 0.5) is 5.69 Å². The molecule has 0 aliphatic heterocycles. The number of aromatic nitrogens is 1. The van der Waals surface area contributed by atoms with E-state index in [1.165, 1.54) is 5.56 Å². The van der Waals surface area contributed by atoms with Gasteiger partial charge in [0.15, 0.2) is 0 Å². The highest BCUT2D eigenvalue weighted by Gasteiger charge is 2.15. The lowest BCUT2D eigenvalue weighted by Crippen LogP contribution is -2.10. The number of hydrogen-bond donors (Lipinski definition) is 2. The van der Waals surface area contributed by atoms with E-state index in [1.807, 2.05) is 26.2 Å². The Bertz CT molecular complexity index is 928. The van der Waals surface area contributed by atoms with Crippen molar-refractivity contribution in [2.75, 3.05) is 19.0 Å². The van der Waals surface area contributed by atoms with Crippen LogP contribution >= 0.6 is 11.6 Å². The molecule has 3 aromatic rings. The molecule has 24 heavy (non-hydrogen) atoms. The number of nitrogens with one attached hydrogen (secondary N) is 1. The molecule has 0 unspecified atom stereocenters. The molecule has 0 spiro atoms. The summed E-state index contributed by atoms with van der Waals surface area (Å²) in [4.78, 5) is 16.7. The summed E-state index contributed by atoms with van der Waals surface area (Å²) in [7, 11) is 4.04. The maximum atomic E-state index is 11.6. The van der Waals surface area contributed by atoms with Gasteiger partial charge in [0.2, 0.25) is 0 Å². The Morgan fingerprint density at radius 2 is 1.96 bits per heavy atom.